The molecule has 6 heteroatoms. The molecule has 3 rings (SSSR count). The number of hydrogen-bond donors (Lipinski definition) is 1. The van der Waals surface area contributed by atoms with E-state index in [9.17, 15) is 14.9 Å². The predicted octanol–water partition coefficient (Wildman–Crippen LogP) is 3.76. The van der Waals surface area contributed by atoms with E-state index in [1.165, 1.54) is 12.1 Å². The Hall–Kier alpha value is -2.89. The minimum absolute atomic E-state index is 0.0768. The maximum Gasteiger partial charge on any atom is 0.270 e. The van der Waals surface area contributed by atoms with Crippen LogP contribution in [0, 0.1) is 17.0 Å². The largest absolute Gasteiger partial charge is 0.371 e. The minimum atomic E-state index is -0.476. The highest BCUT2D eigenvalue weighted by Gasteiger charge is 2.22. The Morgan fingerprint density at radius 1 is 1.12 bits per heavy atom. The van der Waals surface area contributed by atoms with Gasteiger partial charge in [-0.15, -0.1) is 0 Å². The molecule has 0 atom stereocenters. The number of anilines is 2. The van der Waals surface area contributed by atoms with Crippen LogP contribution in [-0.2, 0) is 0 Å². The molecule has 0 saturated carbocycles. The predicted molar refractivity (Wildman–Crippen MR) is 93.7 cm³/mol. The molecule has 1 aliphatic heterocycles. The van der Waals surface area contributed by atoms with Crippen molar-refractivity contribution < 1.29 is 9.72 Å². The van der Waals surface area contributed by atoms with Crippen LogP contribution in [0.3, 0.4) is 0 Å². The van der Waals surface area contributed by atoms with Crippen molar-refractivity contribution in [2.24, 2.45) is 0 Å². The van der Waals surface area contributed by atoms with E-state index in [1.807, 2.05) is 31.2 Å². The number of hydrogen-bond acceptors (Lipinski definition) is 4. The van der Waals surface area contributed by atoms with E-state index < -0.39 is 4.92 Å². The Labute approximate surface area is 140 Å². The minimum Gasteiger partial charge on any atom is -0.371 e. The van der Waals surface area contributed by atoms with Crippen LogP contribution in [0.2, 0.25) is 0 Å². The summed E-state index contributed by atoms with van der Waals surface area (Å²) < 4.78 is 0. The first-order valence-electron chi connectivity index (χ1n) is 7.96. The number of rotatable bonds is 4. The summed E-state index contributed by atoms with van der Waals surface area (Å²) in [5.41, 5.74) is 2.78. The van der Waals surface area contributed by atoms with Gasteiger partial charge < -0.3 is 10.2 Å². The van der Waals surface area contributed by atoms with Crippen LogP contribution >= 0.6 is 0 Å². The van der Waals surface area contributed by atoms with Gasteiger partial charge in [-0.3, -0.25) is 14.9 Å². The van der Waals surface area contributed by atoms with Crippen molar-refractivity contribution >= 4 is 23.0 Å². The van der Waals surface area contributed by atoms with E-state index in [2.05, 4.69) is 10.2 Å². The second-order valence-corrected chi connectivity index (χ2v) is 5.97. The molecule has 1 N–H and O–H groups in total. The first kappa shape index (κ1) is 16.0. The zero-order valence-corrected chi connectivity index (χ0v) is 13.5. The Balaban J connectivity index is 1.93. The second kappa shape index (κ2) is 6.70. The number of nitrogens with one attached hydrogen (secondary N) is 1. The quantitative estimate of drug-likeness (QED) is 0.686. The summed E-state index contributed by atoms with van der Waals surface area (Å²) in [6.07, 6.45) is 2.13. The van der Waals surface area contributed by atoms with E-state index in [4.69, 9.17) is 0 Å². The van der Waals surface area contributed by atoms with Crippen molar-refractivity contribution in [1.82, 2.24) is 0 Å². The Morgan fingerprint density at radius 2 is 1.79 bits per heavy atom. The summed E-state index contributed by atoms with van der Waals surface area (Å²) in [6, 6.07) is 11.9. The number of non-ortho nitro benzene ring substituents is 1. The average Bonchev–Trinajstić information content (AvgIpc) is 3.10. The molecule has 24 heavy (non-hydrogen) atoms. The van der Waals surface area contributed by atoms with Gasteiger partial charge in [0.05, 0.1) is 16.2 Å². The van der Waals surface area contributed by atoms with E-state index >= 15 is 0 Å². The van der Waals surface area contributed by atoms with Gasteiger partial charge in [-0.2, -0.15) is 0 Å². The number of amides is 1. The van der Waals surface area contributed by atoms with E-state index in [0.29, 0.717) is 11.3 Å². The lowest BCUT2D eigenvalue weighted by Crippen LogP contribution is -2.23. The normalized spacial score (nSPS) is 13.8. The van der Waals surface area contributed by atoms with Gasteiger partial charge >= 0.3 is 0 Å². The molecule has 1 heterocycles. The molecule has 1 amide bonds. The zero-order valence-electron chi connectivity index (χ0n) is 13.5. The highest BCUT2D eigenvalue weighted by molar-refractivity contribution is 6.08. The van der Waals surface area contributed by atoms with Gasteiger partial charge in [-0.05, 0) is 38.0 Å². The maximum atomic E-state index is 12.7. The lowest BCUT2D eigenvalue weighted by Gasteiger charge is -2.20. The fourth-order valence-corrected chi connectivity index (χ4v) is 2.89. The zero-order chi connectivity index (χ0) is 17.1. The smallest absolute Gasteiger partial charge is 0.270 e. The Kier molecular flexibility index (Phi) is 4.46. The summed E-state index contributed by atoms with van der Waals surface area (Å²) in [4.78, 5) is 25.4. The highest BCUT2D eigenvalue weighted by Crippen LogP contribution is 2.29. The van der Waals surface area contributed by atoms with Crippen LogP contribution in [0.25, 0.3) is 0 Å². The van der Waals surface area contributed by atoms with Crippen molar-refractivity contribution in [3.8, 4) is 0 Å². The van der Waals surface area contributed by atoms with Crippen LogP contribution in [0.4, 0.5) is 17.1 Å². The van der Waals surface area contributed by atoms with Gasteiger partial charge in [-0.25, -0.2) is 0 Å². The molecule has 0 bridgehead atoms. The number of carbonyl (C=O) groups is 1. The van der Waals surface area contributed by atoms with Crippen molar-refractivity contribution in [3.63, 3.8) is 0 Å². The average molecular weight is 325 g/mol. The number of aryl methyl sites for hydroxylation is 1. The molecular formula is C18H19N3O3. The monoisotopic (exact) mass is 325 g/mol. The van der Waals surface area contributed by atoms with E-state index in [0.717, 1.165) is 37.2 Å². The third kappa shape index (κ3) is 3.37. The Morgan fingerprint density at radius 3 is 2.42 bits per heavy atom. The Bertz CT molecular complexity index is 766. The van der Waals surface area contributed by atoms with Gasteiger partial charge in [0.1, 0.15) is 0 Å². The van der Waals surface area contributed by atoms with Gasteiger partial charge in [-0.1, -0.05) is 17.7 Å². The van der Waals surface area contributed by atoms with E-state index in [-0.39, 0.29) is 11.6 Å². The third-order valence-electron chi connectivity index (χ3n) is 4.19. The van der Waals surface area contributed by atoms with Crippen LogP contribution in [0.5, 0.6) is 0 Å². The molecule has 0 spiro atoms. The third-order valence-corrected chi connectivity index (χ3v) is 4.19. The molecule has 0 aliphatic carbocycles. The van der Waals surface area contributed by atoms with Crippen molar-refractivity contribution in [2.75, 3.05) is 23.3 Å². The van der Waals surface area contributed by atoms with Crippen molar-refractivity contribution in [2.45, 2.75) is 19.8 Å². The number of nitro groups is 1. The SMILES string of the molecule is Cc1ccc(NC(=O)c2cc([N+](=O)[O-])ccc2N2CCCC2)cc1. The molecule has 6 nitrogen and oxygen atoms in total. The van der Waals surface area contributed by atoms with Gasteiger partial charge in [0, 0.05) is 30.9 Å². The van der Waals surface area contributed by atoms with Crippen molar-refractivity contribution in [3.05, 3.63) is 63.7 Å². The summed E-state index contributed by atoms with van der Waals surface area (Å²) in [5.74, 6) is -0.329. The highest BCUT2D eigenvalue weighted by atomic mass is 16.6. The molecule has 1 saturated heterocycles. The van der Waals surface area contributed by atoms with Gasteiger partial charge in [0.15, 0.2) is 0 Å². The number of carbonyl (C=O) groups excluding carboxylic acids is 1. The summed E-state index contributed by atoms with van der Waals surface area (Å²) in [5, 5.41) is 13.9. The molecule has 0 radical (unpaired) electrons. The molecule has 0 aromatic heterocycles. The summed E-state index contributed by atoms with van der Waals surface area (Å²) >= 11 is 0. The summed E-state index contributed by atoms with van der Waals surface area (Å²) in [6.45, 7) is 3.70. The lowest BCUT2D eigenvalue weighted by molar-refractivity contribution is -0.384. The topological polar surface area (TPSA) is 75.5 Å². The van der Waals surface area contributed by atoms with Gasteiger partial charge in [0.25, 0.3) is 11.6 Å². The fourth-order valence-electron chi connectivity index (χ4n) is 2.89. The molecular weight excluding hydrogens is 306 g/mol. The molecule has 1 aliphatic rings. The van der Waals surface area contributed by atoms with Gasteiger partial charge in [0.2, 0.25) is 0 Å². The first-order valence-corrected chi connectivity index (χ1v) is 7.96. The van der Waals surface area contributed by atoms with E-state index in [1.54, 1.807) is 6.07 Å². The second-order valence-electron chi connectivity index (χ2n) is 5.97. The number of benzene rings is 2. The molecule has 2 aromatic rings. The van der Waals surface area contributed by atoms with Crippen LogP contribution < -0.4 is 10.2 Å². The van der Waals surface area contributed by atoms with Crippen LogP contribution in [0.15, 0.2) is 42.5 Å². The number of nitrogens with zero attached hydrogens (tertiary/aromatic N) is 2. The van der Waals surface area contributed by atoms with Crippen LogP contribution in [-0.4, -0.2) is 23.9 Å². The summed E-state index contributed by atoms with van der Waals surface area (Å²) in [7, 11) is 0. The molecule has 1 fully saturated rings. The first-order chi connectivity index (χ1) is 11.5. The standard InChI is InChI=1S/C18H19N3O3/c1-13-4-6-14(7-5-13)19-18(22)16-12-15(21(23)24)8-9-17(16)20-10-2-3-11-20/h4-9,12H,2-3,10-11H2,1H3,(H,19,22). The fraction of sp³-hybridized carbons (Fsp3) is 0.278. The lowest BCUT2D eigenvalue weighted by atomic mass is 10.1. The molecule has 124 valence electrons. The molecule has 2 aromatic carbocycles. The molecule has 0 unspecified atom stereocenters. The number of nitro benzene ring substituents is 1. The van der Waals surface area contributed by atoms with Crippen LogP contribution in [0.1, 0.15) is 28.8 Å². The maximum absolute atomic E-state index is 12.7. The van der Waals surface area contributed by atoms with Crippen molar-refractivity contribution in [1.29, 1.82) is 0 Å².